The maximum absolute atomic E-state index is 12.5. The fourth-order valence-electron chi connectivity index (χ4n) is 2.03. The van der Waals surface area contributed by atoms with E-state index in [9.17, 15) is 18.9 Å². The molecule has 0 unspecified atom stereocenters. The van der Waals surface area contributed by atoms with Crippen LogP contribution in [0.4, 0.5) is 20.4 Å². The summed E-state index contributed by atoms with van der Waals surface area (Å²) in [5, 5.41) is 15.7. The maximum Gasteiger partial charge on any atom is 0.372 e. The standard InChI is InChI=1S/C13H10F2N4O2S/c14-10(15)9-3-1-8(2-4-9)7-16-11-12(19(20)21)18-5-6-22-13(18)17-11/h1-6,10,16H,7H2. The van der Waals surface area contributed by atoms with E-state index in [1.165, 1.54) is 27.9 Å². The predicted molar refractivity (Wildman–Crippen MR) is 78.4 cm³/mol. The van der Waals surface area contributed by atoms with E-state index in [2.05, 4.69) is 10.3 Å². The van der Waals surface area contributed by atoms with Gasteiger partial charge >= 0.3 is 5.82 Å². The van der Waals surface area contributed by atoms with E-state index >= 15 is 0 Å². The molecular weight excluding hydrogens is 314 g/mol. The summed E-state index contributed by atoms with van der Waals surface area (Å²) in [7, 11) is 0. The quantitative estimate of drug-likeness (QED) is 0.571. The topological polar surface area (TPSA) is 72.5 Å². The summed E-state index contributed by atoms with van der Waals surface area (Å²) in [5.74, 6) is 0.0234. The van der Waals surface area contributed by atoms with Crippen molar-refractivity contribution in [2.45, 2.75) is 13.0 Å². The number of anilines is 1. The minimum atomic E-state index is -2.51. The van der Waals surface area contributed by atoms with Gasteiger partial charge in [0.1, 0.15) is 6.20 Å². The third-order valence-corrected chi connectivity index (χ3v) is 3.86. The zero-order valence-electron chi connectivity index (χ0n) is 11.1. The van der Waals surface area contributed by atoms with E-state index in [1.807, 2.05) is 0 Å². The first kappa shape index (κ1) is 14.4. The number of alkyl halides is 2. The number of nitro groups is 1. The van der Waals surface area contributed by atoms with Gasteiger partial charge in [0, 0.05) is 17.5 Å². The third kappa shape index (κ3) is 2.62. The Hall–Kier alpha value is -2.55. The number of nitrogens with zero attached hydrogens (tertiary/aromatic N) is 3. The molecule has 3 aromatic rings. The van der Waals surface area contributed by atoms with Crippen LogP contribution >= 0.6 is 11.3 Å². The molecule has 6 nitrogen and oxygen atoms in total. The van der Waals surface area contributed by atoms with Gasteiger partial charge in [0.2, 0.25) is 5.82 Å². The molecule has 2 heterocycles. The average Bonchev–Trinajstić information content (AvgIpc) is 3.05. The molecule has 2 aromatic heterocycles. The molecule has 0 aliphatic rings. The molecule has 0 aliphatic carbocycles. The van der Waals surface area contributed by atoms with Crippen molar-refractivity contribution in [2.24, 2.45) is 0 Å². The van der Waals surface area contributed by atoms with Crippen LogP contribution in [0.3, 0.4) is 0 Å². The first-order valence-electron chi connectivity index (χ1n) is 6.27. The van der Waals surface area contributed by atoms with Gasteiger partial charge in [0.25, 0.3) is 11.4 Å². The minimum absolute atomic E-state index is 0.0581. The second-order valence-corrected chi connectivity index (χ2v) is 5.37. The summed E-state index contributed by atoms with van der Waals surface area (Å²) >= 11 is 1.29. The normalized spacial score (nSPS) is 11.2. The maximum atomic E-state index is 12.5. The summed E-state index contributed by atoms with van der Waals surface area (Å²) in [6, 6.07) is 5.78. The molecule has 9 heteroatoms. The molecule has 0 saturated carbocycles. The molecule has 1 aromatic carbocycles. The first-order valence-corrected chi connectivity index (χ1v) is 7.15. The lowest BCUT2D eigenvalue weighted by Crippen LogP contribution is -2.03. The van der Waals surface area contributed by atoms with Crippen molar-refractivity contribution >= 4 is 27.9 Å². The molecule has 114 valence electrons. The van der Waals surface area contributed by atoms with Crippen molar-refractivity contribution < 1.29 is 13.7 Å². The number of fused-ring (bicyclic) bond motifs is 1. The van der Waals surface area contributed by atoms with E-state index in [4.69, 9.17) is 0 Å². The van der Waals surface area contributed by atoms with Gasteiger partial charge < -0.3 is 15.4 Å². The second kappa shape index (κ2) is 5.68. The molecule has 3 rings (SSSR count). The minimum Gasteiger partial charge on any atom is -0.359 e. The van der Waals surface area contributed by atoms with E-state index in [0.29, 0.717) is 4.96 Å². The Morgan fingerprint density at radius 3 is 2.73 bits per heavy atom. The molecule has 22 heavy (non-hydrogen) atoms. The highest BCUT2D eigenvalue weighted by atomic mass is 32.1. The van der Waals surface area contributed by atoms with Gasteiger partial charge in [-0.05, 0) is 10.5 Å². The SMILES string of the molecule is O=[N+]([O-])c1c(NCc2ccc(C(F)F)cc2)nc2sccn12. The van der Waals surface area contributed by atoms with Gasteiger partial charge in [-0.25, -0.2) is 8.78 Å². The van der Waals surface area contributed by atoms with Gasteiger partial charge in [-0.1, -0.05) is 35.6 Å². The van der Waals surface area contributed by atoms with E-state index in [1.54, 1.807) is 23.7 Å². The lowest BCUT2D eigenvalue weighted by atomic mass is 10.1. The van der Waals surface area contributed by atoms with Gasteiger partial charge in [-0.3, -0.25) is 0 Å². The summed E-state index contributed by atoms with van der Waals surface area (Å²) in [5.41, 5.74) is 0.673. The fraction of sp³-hybridized carbons (Fsp3) is 0.154. The van der Waals surface area contributed by atoms with Gasteiger partial charge in [-0.2, -0.15) is 9.38 Å². The van der Waals surface area contributed by atoms with Crippen LogP contribution in [0, 0.1) is 10.1 Å². The summed E-state index contributed by atoms with van der Waals surface area (Å²) in [4.78, 5) is 15.3. The van der Waals surface area contributed by atoms with Gasteiger partial charge in [0.05, 0.1) is 0 Å². The van der Waals surface area contributed by atoms with Crippen molar-refractivity contribution in [3.8, 4) is 0 Å². The number of hydrogen-bond donors (Lipinski definition) is 1. The Balaban J connectivity index is 1.80. The molecule has 0 bridgehead atoms. The van der Waals surface area contributed by atoms with Crippen LogP contribution in [-0.2, 0) is 6.54 Å². The summed E-state index contributed by atoms with van der Waals surface area (Å²) in [6.45, 7) is 0.259. The van der Waals surface area contributed by atoms with Crippen LogP contribution in [0.1, 0.15) is 17.6 Å². The number of thiazole rings is 1. The Morgan fingerprint density at radius 1 is 1.36 bits per heavy atom. The van der Waals surface area contributed by atoms with Crippen molar-refractivity contribution in [1.82, 2.24) is 9.38 Å². The molecule has 0 spiro atoms. The molecule has 0 atom stereocenters. The molecule has 0 saturated heterocycles. The summed E-state index contributed by atoms with van der Waals surface area (Å²) in [6.07, 6.45) is -0.934. The van der Waals surface area contributed by atoms with Crippen LogP contribution < -0.4 is 5.32 Å². The average molecular weight is 324 g/mol. The Labute approximate surface area is 127 Å². The Morgan fingerprint density at radius 2 is 2.09 bits per heavy atom. The highest BCUT2D eigenvalue weighted by Gasteiger charge is 2.23. The number of benzene rings is 1. The molecule has 0 aliphatic heterocycles. The zero-order valence-corrected chi connectivity index (χ0v) is 11.9. The monoisotopic (exact) mass is 324 g/mol. The number of aromatic nitrogens is 2. The van der Waals surface area contributed by atoms with E-state index in [-0.39, 0.29) is 23.7 Å². The number of imidazole rings is 1. The van der Waals surface area contributed by atoms with Crippen molar-refractivity contribution in [3.63, 3.8) is 0 Å². The van der Waals surface area contributed by atoms with Crippen LogP contribution in [0.25, 0.3) is 4.96 Å². The lowest BCUT2D eigenvalue weighted by molar-refractivity contribution is -0.389. The lowest BCUT2D eigenvalue weighted by Gasteiger charge is -2.05. The molecule has 0 radical (unpaired) electrons. The fourth-order valence-corrected chi connectivity index (χ4v) is 2.74. The highest BCUT2D eigenvalue weighted by Crippen LogP contribution is 2.28. The smallest absolute Gasteiger partial charge is 0.359 e. The van der Waals surface area contributed by atoms with Crippen LogP contribution in [0.2, 0.25) is 0 Å². The van der Waals surface area contributed by atoms with Crippen LogP contribution in [0.5, 0.6) is 0 Å². The zero-order chi connectivity index (χ0) is 15.7. The van der Waals surface area contributed by atoms with Crippen LogP contribution in [0.15, 0.2) is 35.8 Å². The molecular formula is C13H10F2N4O2S. The van der Waals surface area contributed by atoms with E-state index in [0.717, 1.165) is 5.56 Å². The largest absolute Gasteiger partial charge is 0.372 e. The second-order valence-electron chi connectivity index (χ2n) is 4.49. The molecule has 0 amide bonds. The molecule has 0 fully saturated rings. The highest BCUT2D eigenvalue weighted by molar-refractivity contribution is 7.15. The van der Waals surface area contributed by atoms with Gasteiger partial charge in [0.15, 0.2) is 0 Å². The molecule has 1 N–H and O–H groups in total. The van der Waals surface area contributed by atoms with Gasteiger partial charge in [-0.15, -0.1) is 0 Å². The Kier molecular flexibility index (Phi) is 3.72. The number of halogens is 2. The Bertz CT molecular complexity index is 813. The van der Waals surface area contributed by atoms with Crippen molar-refractivity contribution in [3.05, 3.63) is 57.1 Å². The third-order valence-electron chi connectivity index (χ3n) is 3.10. The first-order chi connectivity index (χ1) is 10.6. The van der Waals surface area contributed by atoms with Crippen molar-refractivity contribution in [2.75, 3.05) is 5.32 Å². The number of nitrogens with one attached hydrogen (secondary N) is 1. The summed E-state index contributed by atoms with van der Waals surface area (Å²) < 4.78 is 26.3. The predicted octanol–water partition coefficient (Wildman–Crippen LogP) is 3.85. The number of hydrogen-bond acceptors (Lipinski definition) is 5. The van der Waals surface area contributed by atoms with E-state index < -0.39 is 11.3 Å². The van der Waals surface area contributed by atoms with Crippen LogP contribution in [-0.4, -0.2) is 14.3 Å². The number of rotatable bonds is 5. The van der Waals surface area contributed by atoms with Crippen molar-refractivity contribution in [1.29, 1.82) is 0 Å².